The molecule has 0 N–H and O–H groups in total. The van der Waals surface area contributed by atoms with Crippen LogP contribution in [0.15, 0.2) is 12.1 Å². The van der Waals surface area contributed by atoms with Crippen molar-refractivity contribution in [1.82, 2.24) is 0 Å². The lowest BCUT2D eigenvalue weighted by atomic mass is 10.2. The van der Waals surface area contributed by atoms with Gasteiger partial charge in [-0.15, -0.1) is 0 Å². The molecule has 0 saturated carbocycles. The lowest BCUT2D eigenvalue weighted by molar-refractivity contribution is -0.331. The Bertz CT molecular complexity index is 719. The van der Waals surface area contributed by atoms with Crippen LogP contribution in [0, 0.1) is 7.14 Å². The molecule has 0 spiro atoms. The van der Waals surface area contributed by atoms with Crippen molar-refractivity contribution in [3.63, 3.8) is 0 Å². The summed E-state index contributed by atoms with van der Waals surface area (Å²) < 4.78 is 71.0. The zero-order valence-corrected chi connectivity index (χ0v) is 15.8. The molecule has 0 aliphatic heterocycles. The lowest BCUT2D eigenvalue weighted by Gasteiger charge is -2.18. The van der Waals surface area contributed by atoms with Gasteiger partial charge in [-0.25, -0.2) is 9.59 Å². The number of carbonyl (C=O) groups is 3. The lowest BCUT2D eigenvalue weighted by Crippen LogP contribution is -2.45. The van der Waals surface area contributed by atoms with Gasteiger partial charge in [0.05, 0.1) is 3.57 Å². The molecule has 1 aromatic rings. The predicted molar refractivity (Wildman–Crippen MR) is 83.8 cm³/mol. The van der Waals surface area contributed by atoms with Crippen LogP contribution in [-0.2, 0) is 14.3 Å². The van der Waals surface area contributed by atoms with Crippen molar-refractivity contribution in [3.8, 4) is 5.75 Å². The van der Waals surface area contributed by atoms with Gasteiger partial charge in [0.15, 0.2) is 12.4 Å². The Kier molecular flexibility index (Phi) is 6.94. The molecule has 0 amide bonds. The maximum atomic E-state index is 12.9. The molecular formula is C12H4F5I2O6-. The van der Waals surface area contributed by atoms with E-state index in [4.69, 9.17) is 0 Å². The van der Waals surface area contributed by atoms with Crippen LogP contribution in [0.3, 0.4) is 0 Å². The average Bonchev–Trinajstić information content (AvgIpc) is 2.45. The molecule has 138 valence electrons. The molecule has 25 heavy (non-hydrogen) atoms. The Morgan fingerprint density at radius 1 is 1.08 bits per heavy atom. The standard InChI is InChI=1S/C12H5F5I2O6/c13-11(14,9(21)22)3-24-8(20)5-1-4(18)2-6(19)7(5)25-10(23)12(15,16)17/h1-2H,3H2,(H,21,22)/p-1. The highest BCUT2D eigenvalue weighted by atomic mass is 127. The fourth-order valence-corrected chi connectivity index (χ4v) is 3.21. The predicted octanol–water partition coefficient (Wildman–Crippen LogP) is 1.91. The van der Waals surface area contributed by atoms with Crippen molar-refractivity contribution >= 4 is 63.1 Å². The average molecular weight is 593 g/mol. The van der Waals surface area contributed by atoms with Gasteiger partial charge in [0.25, 0.3) is 0 Å². The summed E-state index contributed by atoms with van der Waals surface area (Å²) in [6.45, 7) is -1.91. The summed E-state index contributed by atoms with van der Waals surface area (Å²) in [4.78, 5) is 32.9. The van der Waals surface area contributed by atoms with E-state index in [0.29, 0.717) is 0 Å². The Hall–Kier alpha value is -1.26. The number of halogens is 7. The molecule has 0 aliphatic rings. The van der Waals surface area contributed by atoms with Crippen LogP contribution in [0.5, 0.6) is 5.75 Å². The molecular weight excluding hydrogens is 589 g/mol. The first-order valence-electron chi connectivity index (χ1n) is 5.80. The number of ether oxygens (including phenoxy) is 2. The summed E-state index contributed by atoms with van der Waals surface area (Å²) in [7, 11) is 0. The number of carboxylic acids is 1. The van der Waals surface area contributed by atoms with E-state index in [-0.39, 0.29) is 7.14 Å². The summed E-state index contributed by atoms with van der Waals surface area (Å²) in [5, 5.41) is 10.2. The van der Waals surface area contributed by atoms with Gasteiger partial charge in [-0.05, 0) is 57.3 Å². The Morgan fingerprint density at radius 2 is 1.64 bits per heavy atom. The number of hydrogen-bond acceptors (Lipinski definition) is 6. The van der Waals surface area contributed by atoms with Crippen molar-refractivity contribution in [2.24, 2.45) is 0 Å². The summed E-state index contributed by atoms with van der Waals surface area (Å²) in [5.41, 5.74) is -0.761. The topological polar surface area (TPSA) is 92.7 Å². The number of rotatable bonds is 5. The minimum absolute atomic E-state index is 0.110. The second kappa shape index (κ2) is 7.96. The van der Waals surface area contributed by atoms with Gasteiger partial charge in [0.2, 0.25) is 0 Å². The van der Waals surface area contributed by atoms with Gasteiger partial charge in [0, 0.05) is 3.57 Å². The summed E-state index contributed by atoms with van der Waals surface area (Å²) in [5.74, 6) is -12.4. The number of hydrogen-bond donors (Lipinski definition) is 0. The third kappa shape index (κ3) is 5.89. The maximum absolute atomic E-state index is 12.9. The van der Waals surface area contributed by atoms with Crippen LogP contribution in [0.2, 0.25) is 0 Å². The van der Waals surface area contributed by atoms with E-state index < -0.39 is 47.9 Å². The molecule has 0 atom stereocenters. The molecule has 1 aromatic carbocycles. The van der Waals surface area contributed by atoms with E-state index in [0.717, 1.165) is 6.07 Å². The minimum atomic E-state index is -5.37. The van der Waals surface area contributed by atoms with Gasteiger partial charge in [-0.1, -0.05) is 0 Å². The van der Waals surface area contributed by atoms with E-state index in [1.54, 1.807) is 22.6 Å². The van der Waals surface area contributed by atoms with Crippen molar-refractivity contribution in [2.45, 2.75) is 12.1 Å². The van der Waals surface area contributed by atoms with E-state index >= 15 is 0 Å². The van der Waals surface area contributed by atoms with Crippen molar-refractivity contribution in [1.29, 1.82) is 0 Å². The van der Waals surface area contributed by atoms with Crippen LogP contribution in [-0.4, -0.2) is 36.6 Å². The molecule has 0 aliphatic carbocycles. The van der Waals surface area contributed by atoms with Crippen molar-refractivity contribution < 1.29 is 50.9 Å². The van der Waals surface area contributed by atoms with Crippen LogP contribution in [0.25, 0.3) is 0 Å². The first-order chi connectivity index (χ1) is 11.3. The number of esters is 2. The summed E-state index contributed by atoms with van der Waals surface area (Å²) in [6.07, 6.45) is -5.37. The van der Waals surface area contributed by atoms with E-state index in [9.17, 15) is 41.4 Å². The molecule has 1 rings (SSSR count). The van der Waals surface area contributed by atoms with Crippen LogP contribution in [0.4, 0.5) is 22.0 Å². The maximum Gasteiger partial charge on any atom is 0.491 e. The van der Waals surface area contributed by atoms with Crippen molar-refractivity contribution in [3.05, 3.63) is 24.8 Å². The van der Waals surface area contributed by atoms with E-state index in [1.807, 2.05) is 0 Å². The number of benzene rings is 1. The van der Waals surface area contributed by atoms with Crippen LogP contribution < -0.4 is 9.84 Å². The molecule has 0 heterocycles. The van der Waals surface area contributed by atoms with E-state index in [1.165, 1.54) is 28.7 Å². The molecule has 0 radical (unpaired) electrons. The molecule has 0 saturated heterocycles. The first-order valence-corrected chi connectivity index (χ1v) is 7.96. The Morgan fingerprint density at radius 3 is 2.12 bits per heavy atom. The number of aliphatic carboxylic acids is 1. The van der Waals surface area contributed by atoms with Gasteiger partial charge < -0.3 is 19.4 Å². The molecule has 0 fully saturated rings. The van der Waals surface area contributed by atoms with E-state index in [2.05, 4.69) is 9.47 Å². The number of alkyl halides is 5. The summed E-state index contributed by atoms with van der Waals surface area (Å²) in [6, 6.07) is 2.16. The Labute approximate surface area is 162 Å². The molecule has 13 heteroatoms. The highest BCUT2D eigenvalue weighted by Crippen LogP contribution is 2.31. The second-order valence-corrected chi connectivity index (χ2v) is 6.63. The van der Waals surface area contributed by atoms with Crippen LogP contribution in [0.1, 0.15) is 10.4 Å². The summed E-state index contributed by atoms with van der Waals surface area (Å²) >= 11 is 3.11. The van der Waals surface area contributed by atoms with Gasteiger partial charge in [0.1, 0.15) is 11.5 Å². The fraction of sp³-hybridized carbons (Fsp3) is 0.250. The van der Waals surface area contributed by atoms with Crippen molar-refractivity contribution in [2.75, 3.05) is 6.61 Å². The van der Waals surface area contributed by atoms with Gasteiger partial charge >= 0.3 is 24.0 Å². The van der Waals surface area contributed by atoms with Gasteiger partial charge in [-0.3, -0.25) is 0 Å². The monoisotopic (exact) mass is 593 g/mol. The SMILES string of the molecule is O=C(OCC(F)(F)C(=O)[O-])c1cc(I)cc(I)c1OC(=O)C(F)(F)F. The second-order valence-electron chi connectivity index (χ2n) is 4.22. The highest BCUT2D eigenvalue weighted by Gasteiger charge is 2.42. The normalized spacial score (nSPS) is 11.8. The number of carboxylic acid groups (broad SMARTS) is 1. The highest BCUT2D eigenvalue weighted by molar-refractivity contribution is 14.1. The molecule has 0 unspecified atom stereocenters. The molecule has 0 bridgehead atoms. The van der Waals surface area contributed by atoms with Gasteiger partial charge in [-0.2, -0.15) is 22.0 Å². The number of carbonyl (C=O) groups excluding carboxylic acids is 3. The first kappa shape index (κ1) is 21.8. The largest absolute Gasteiger partial charge is 0.544 e. The zero-order chi connectivity index (χ0) is 19.6. The quantitative estimate of drug-likeness (QED) is 0.225. The van der Waals surface area contributed by atoms with Crippen LogP contribution >= 0.6 is 45.2 Å². The zero-order valence-electron chi connectivity index (χ0n) is 11.5. The third-order valence-electron chi connectivity index (χ3n) is 2.34. The fourth-order valence-electron chi connectivity index (χ4n) is 1.26. The molecule has 6 nitrogen and oxygen atoms in total. The Balaban J connectivity index is 3.15. The third-order valence-corrected chi connectivity index (χ3v) is 3.76. The minimum Gasteiger partial charge on any atom is -0.544 e. The smallest absolute Gasteiger partial charge is 0.491 e. The molecule has 0 aromatic heterocycles.